The number of carbonyl (C=O) groups excluding carboxylic acids is 1. The second-order valence-electron chi connectivity index (χ2n) is 4.48. The molecule has 0 aliphatic heterocycles. The molecule has 1 rings (SSSR count). The van der Waals surface area contributed by atoms with Gasteiger partial charge >= 0.3 is 0 Å². The van der Waals surface area contributed by atoms with Crippen molar-refractivity contribution in [2.24, 2.45) is 0 Å². The molecule has 0 spiro atoms. The van der Waals surface area contributed by atoms with Crippen LogP contribution in [0.4, 0.5) is 5.69 Å². The molecule has 0 radical (unpaired) electrons. The van der Waals surface area contributed by atoms with Crippen molar-refractivity contribution in [2.45, 2.75) is 32.4 Å². The van der Waals surface area contributed by atoms with Crippen molar-refractivity contribution in [1.82, 2.24) is 0 Å². The van der Waals surface area contributed by atoms with Gasteiger partial charge in [-0.2, -0.15) is 0 Å². The molecule has 0 unspecified atom stereocenters. The molecule has 0 bridgehead atoms. The van der Waals surface area contributed by atoms with Crippen molar-refractivity contribution in [3.8, 4) is 0 Å². The Balaban J connectivity index is 2.85. The van der Waals surface area contributed by atoms with Crippen LogP contribution in [-0.4, -0.2) is 25.3 Å². The first-order valence-electron chi connectivity index (χ1n) is 6.06. The lowest BCUT2D eigenvalue weighted by molar-refractivity contribution is -0.115. The van der Waals surface area contributed by atoms with Crippen molar-refractivity contribution in [3.05, 3.63) is 28.2 Å². The van der Waals surface area contributed by atoms with Crippen molar-refractivity contribution < 1.29 is 13.2 Å². The summed E-state index contributed by atoms with van der Waals surface area (Å²) in [6, 6.07) is 5.46. The molecule has 0 aromatic heterocycles. The normalized spacial score (nSPS) is 13.1. The third kappa shape index (κ3) is 4.31. The maximum absolute atomic E-state index is 12.0. The number of hydrogen-bond acceptors (Lipinski definition) is 3. The van der Waals surface area contributed by atoms with Gasteiger partial charge in [0, 0.05) is 4.47 Å². The molecule has 0 saturated carbocycles. The molecule has 19 heavy (non-hydrogen) atoms. The van der Waals surface area contributed by atoms with Crippen LogP contribution in [0, 0.1) is 6.92 Å². The van der Waals surface area contributed by atoms with Crippen LogP contribution in [0.1, 0.15) is 25.8 Å². The number of rotatable bonds is 5. The van der Waals surface area contributed by atoms with Gasteiger partial charge in [0.1, 0.15) is 5.25 Å². The minimum Gasteiger partial charge on any atom is -0.324 e. The van der Waals surface area contributed by atoms with E-state index in [0.717, 1.165) is 10.0 Å². The van der Waals surface area contributed by atoms with Gasteiger partial charge in [-0.25, -0.2) is 8.42 Å². The summed E-state index contributed by atoms with van der Waals surface area (Å²) in [4.78, 5) is 12.0. The smallest absolute Gasteiger partial charge is 0.242 e. The highest BCUT2D eigenvalue weighted by molar-refractivity contribution is 9.10. The second kappa shape index (κ2) is 6.52. The number of sulfone groups is 1. The van der Waals surface area contributed by atoms with Crippen LogP contribution in [0.2, 0.25) is 0 Å². The van der Waals surface area contributed by atoms with E-state index in [4.69, 9.17) is 0 Å². The molecule has 1 atom stereocenters. The van der Waals surface area contributed by atoms with Gasteiger partial charge in [0.15, 0.2) is 9.84 Å². The van der Waals surface area contributed by atoms with E-state index < -0.39 is 21.0 Å². The molecular weight excluding hydrogens is 330 g/mol. The maximum atomic E-state index is 12.0. The summed E-state index contributed by atoms with van der Waals surface area (Å²) in [5, 5.41) is 1.60. The van der Waals surface area contributed by atoms with Crippen LogP contribution in [0.5, 0.6) is 0 Å². The van der Waals surface area contributed by atoms with Gasteiger partial charge in [0.2, 0.25) is 5.91 Å². The lowest BCUT2D eigenvalue weighted by atomic mass is 10.2. The zero-order valence-electron chi connectivity index (χ0n) is 11.2. The number of carbonyl (C=O) groups is 1. The van der Waals surface area contributed by atoms with Crippen LogP contribution in [-0.2, 0) is 14.6 Å². The van der Waals surface area contributed by atoms with Gasteiger partial charge in [-0.15, -0.1) is 0 Å². The SMILES string of the molecule is CCCS(=O)(=O)[C@H](C)C(=O)Nc1ccc(C)cc1Br. The molecule has 4 nitrogen and oxygen atoms in total. The first-order chi connectivity index (χ1) is 8.77. The first kappa shape index (κ1) is 16.2. The van der Waals surface area contributed by atoms with E-state index in [0.29, 0.717) is 12.1 Å². The fraction of sp³-hybridized carbons (Fsp3) is 0.462. The topological polar surface area (TPSA) is 63.2 Å². The highest BCUT2D eigenvalue weighted by Gasteiger charge is 2.27. The Morgan fingerprint density at radius 3 is 2.58 bits per heavy atom. The number of hydrogen-bond donors (Lipinski definition) is 1. The Labute approximate surface area is 122 Å². The third-order valence-corrected chi connectivity index (χ3v) is 5.70. The standard InChI is InChI=1S/C13H18BrNO3S/c1-4-7-19(17,18)10(3)13(16)15-12-6-5-9(2)8-11(12)14/h5-6,8,10H,4,7H2,1-3H3,(H,15,16)/t10-/m1/s1. The predicted octanol–water partition coefficient (Wildman–Crippen LogP) is 2.91. The van der Waals surface area contributed by atoms with Crippen molar-refractivity contribution in [2.75, 3.05) is 11.1 Å². The van der Waals surface area contributed by atoms with E-state index in [1.165, 1.54) is 6.92 Å². The van der Waals surface area contributed by atoms with Gasteiger partial charge in [0.05, 0.1) is 11.4 Å². The van der Waals surface area contributed by atoms with Gasteiger partial charge in [-0.05, 0) is 53.9 Å². The van der Waals surface area contributed by atoms with E-state index >= 15 is 0 Å². The second-order valence-corrected chi connectivity index (χ2v) is 7.78. The number of benzene rings is 1. The Kier molecular flexibility index (Phi) is 5.55. The minimum atomic E-state index is -3.38. The average Bonchev–Trinajstić information content (AvgIpc) is 2.31. The summed E-state index contributed by atoms with van der Waals surface area (Å²) in [7, 11) is -3.38. The zero-order valence-corrected chi connectivity index (χ0v) is 13.6. The summed E-state index contributed by atoms with van der Waals surface area (Å²) in [6.07, 6.45) is 0.508. The van der Waals surface area contributed by atoms with Gasteiger partial charge in [-0.1, -0.05) is 13.0 Å². The fourth-order valence-electron chi connectivity index (χ4n) is 1.58. The molecule has 0 saturated heterocycles. The number of aryl methyl sites for hydroxylation is 1. The largest absolute Gasteiger partial charge is 0.324 e. The van der Waals surface area contributed by atoms with Crippen LogP contribution < -0.4 is 5.32 Å². The maximum Gasteiger partial charge on any atom is 0.242 e. The molecule has 1 N–H and O–H groups in total. The number of amides is 1. The van der Waals surface area contributed by atoms with E-state index in [-0.39, 0.29) is 5.75 Å². The molecule has 0 heterocycles. The van der Waals surface area contributed by atoms with E-state index in [9.17, 15) is 13.2 Å². The van der Waals surface area contributed by atoms with E-state index in [1.807, 2.05) is 19.1 Å². The number of halogens is 1. The summed E-state index contributed by atoms with van der Waals surface area (Å²) >= 11 is 3.34. The van der Waals surface area contributed by atoms with E-state index in [2.05, 4.69) is 21.2 Å². The highest BCUT2D eigenvalue weighted by Crippen LogP contribution is 2.23. The third-order valence-electron chi connectivity index (χ3n) is 2.78. The van der Waals surface area contributed by atoms with Crippen LogP contribution in [0.3, 0.4) is 0 Å². The average molecular weight is 348 g/mol. The van der Waals surface area contributed by atoms with Crippen LogP contribution in [0.15, 0.2) is 22.7 Å². The molecule has 6 heteroatoms. The Hall–Kier alpha value is -0.880. The van der Waals surface area contributed by atoms with Gasteiger partial charge < -0.3 is 5.32 Å². The molecule has 106 valence electrons. The molecule has 1 aromatic carbocycles. The zero-order chi connectivity index (χ0) is 14.6. The lowest BCUT2D eigenvalue weighted by Crippen LogP contribution is -2.34. The number of nitrogens with one attached hydrogen (secondary N) is 1. The monoisotopic (exact) mass is 347 g/mol. The van der Waals surface area contributed by atoms with Crippen LogP contribution >= 0.6 is 15.9 Å². The lowest BCUT2D eigenvalue weighted by Gasteiger charge is -2.14. The van der Waals surface area contributed by atoms with Crippen molar-refractivity contribution >= 4 is 37.4 Å². The Bertz CT molecular complexity index is 569. The summed E-state index contributed by atoms with van der Waals surface area (Å²) in [6.45, 7) is 5.13. The highest BCUT2D eigenvalue weighted by atomic mass is 79.9. The minimum absolute atomic E-state index is 0.0245. The van der Waals surface area contributed by atoms with E-state index in [1.54, 1.807) is 13.0 Å². The first-order valence-corrected chi connectivity index (χ1v) is 8.57. The van der Waals surface area contributed by atoms with Crippen molar-refractivity contribution in [3.63, 3.8) is 0 Å². The quantitative estimate of drug-likeness (QED) is 0.890. The number of anilines is 1. The molecule has 0 aliphatic rings. The van der Waals surface area contributed by atoms with Gasteiger partial charge in [-0.3, -0.25) is 4.79 Å². The summed E-state index contributed by atoms with van der Waals surface area (Å²) < 4.78 is 24.4. The molecule has 1 amide bonds. The Morgan fingerprint density at radius 2 is 2.05 bits per heavy atom. The van der Waals surface area contributed by atoms with Crippen LogP contribution in [0.25, 0.3) is 0 Å². The Morgan fingerprint density at radius 1 is 1.42 bits per heavy atom. The summed E-state index contributed by atoms with van der Waals surface area (Å²) in [5.41, 5.74) is 1.63. The van der Waals surface area contributed by atoms with Gasteiger partial charge in [0.25, 0.3) is 0 Å². The fourth-order valence-corrected chi connectivity index (χ4v) is 3.48. The molecule has 1 aromatic rings. The van der Waals surface area contributed by atoms with Crippen molar-refractivity contribution in [1.29, 1.82) is 0 Å². The molecule has 0 fully saturated rings. The summed E-state index contributed by atoms with van der Waals surface area (Å²) in [5.74, 6) is -0.477. The predicted molar refractivity (Wildman–Crippen MR) is 81.0 cm³/mol. The molecule has 0 aliphatic carbocycles. The molecular formula is C13H18BrNO3S.